The second kappa shape index (κ2) is 6.24. The highest BCUT2D eigenvalue weighted by molar-refractivity contribution is 6.58. The van der Waals surface area contributed by atoms with E-state index in [1.165, 1.54) is 18.2 Å². The van der Waals surface area contributed by atoms with Gasteiger partial charge in [-0.3, -0.25) is 0 Å². The molecule has 0 unspecified atom stereocenters. The fourth-order valence-corrected chi connectivity index (χ4v) is 1.65. The van der Waals surface area contributed by atoms with Crippen LogP contribution in [0.3, 0.4) is 0 Å². The van der Waals surface area contributed by atoms with Crippen molar-refractivity contribution in [2.24, 2.45) is 0 Å². The van der Waals surface area contributed by atoms with Gasteiger partial charge in [0.05, 0.1) is 0 Å². The first kappa shape index (κ1) is 16.1. The lowest BCUT2D eigenvalue weighted by molar-refractivity contribution is -0.274. The third kappa shape index (κ3) is 4.37. The lowest BCUT2D eigenvalue weighted by Gasteiger charge is -2.11. The van der Waals surface area contributed by atoms with Gasteiger partial charge in [-0.15, -0.1) is 13.2 Å². The smallest absolute Gasteiger partial charge is 0.457 e. The second-order valence-corrected chi connectivity index (χ2v) is 4.18. The molecule has 0 atom stereocenters. The predicted octanol–water partition coefficient (Wildman–Crippen LogP) is 2.20. The minimum Gasteiger partial charge on any atom is -0.457 e. The molecule has 0 aliphatic rings. The minimum absolute atomic E-state index is 0.00144. The van der Waals surface area contributed by atoms with Crippen molar-refractivity contribution in [3.8, 4) is 17.2 Å². The van der Waals surface area contributed by atoms with Gasteiger partial charge in [-0.05, 0) is 18.2 Å². The SMILES string of the molecule is OB(O)c1ccc(Oc2cccc(OC(F)(F)F)c2)cc1F. The van der Waals surface area contributed by atoms with Gasteiger partial charge < -0.3 is 19.5 Å². The zero-order valence-electron chi connectivity index (χ0n) is 10.8. The zero-order valence-corrected chi connectivity index (χ0v) is 10.8. The van der Waals surface area contributed by atoms with Gasteiger partial charge in [0.1, 0.15) is 23.1 Å². The Labute approximate surface area is 122 Å². The molecule has 0 spiro atoms. The summed E-state index contributed by atoms with van der Waals surface area (Å²) in [6.45, 7) is 0. The van der Waals surface area contributed by atoms with Crippen molar-refractivity contribution in [1.82, 2.24) is 0 Å². The molecule has 2 aromatic rings. The fraction of sp³-hybridized carbons (Fsp3) is 0.0769. The first-order valence-electron chi connectivity index (χ1n) is 5.94. The third-order valence-electron chi connectivity index (χ3n) is 2.52. The van der Waals surface area contributed by atoms with Crippen LogP contribution in [0.1, 0.15) is 0 Å². The summed E-state index contributed by atoms with van der Waals surface area (Å²) in [5.74, 6) is -1.42. The molecule has 0 aliphatic heterocycles. The van der Waals surface area contributed by atoms with E-state index in [0.717, 1.165) is 24.3 Å². The number of ether oxygens (including phenoxy) is 2. The van der Waals surface area contributed by atoms with E-state index in [9.17, 15) is 17.6 Å². The van der Waals surface area contributed by atoms with Crippen LogP contribution in [-0.2, 0) is 0 Å². The van der Waals surface area contributed by atoms with Crippen LogP contribution in [-0.4, -0.2) is 23.5 Å². The first-order valence-corrected chi connectivity index (χ1v) is 5.94. The van der Waals surface area contributed by atoms with Crippen LogP contribution < -0.4 is 14.9 Å². The summed E-state index contributed by atoms with van der Waals surface area (Å²) in [5.41, 5.74) is -0.346. The molecule has 9 heteroatoms. The number of hydrogen-bond donors (Lipinski definition) is 2. The standard InChI is InChI=1S/C13H9BF4O4/c15-12-7-9(4-5-11(12)14(19)20)21-8-2-1-3-10(6-8)22-13(16,17)18/h1-7,19-20H. The van der Waals surface area contributed by atoms with E-state index in [0.29, 0.717) is 0 Å². The largest absolute Gasteiger partial charge is 0.573 e. The van der Waals surface area contributed by atoms with E-state index in [1.54, 1.807) is 0 Å². The molecule has 0 aliphatic carbocycles. The number of hydrogen-bond acceptors (Lipinski definition) is 4. The Bertz CT molecular complexity index is 661. The van der Waals surface area contributed by atoms with Crippen LogP contribution >= 0.6 is 0 Å². The number of rotatable bonds is 4. The zero-order chi connectivity index (χ0) is 16.3. The first-order chi connectivity index (χ1) is 10.2. The predicted molar refractivity (Wildman–Crippen MR) is 69.4 cm³/mol. The van der Waals surface area contributed by atoms with Gasteiger partial charge in [0, 0.05) is 17.6 Å². The Kier molecular flexibility index (Phi) is 4.58. The van der Waals surface area contributed by atoms with Crippen molar-refractivity contribution in [3.63, 3.8) is 0 Å². The highest BCUT2D eigenvalue weighted by Crippen LogP contribution is 2.28. The average molecular weight is 316 g/mol. The van der Waals surface area contributed by atoms with Crippen molar-refractivity contribution in [2.45, 2.75) is 6.36 Å². The molecule has 0 radical (unpaired) electrons. The summed E-state index contributed by atoms with van der Waals surface area (Å²) >= 11 is 0. The van der Waals surface area contributed by atoms with Gasteiger partial charge >= 0.3 is 13.5 Å². The van der Waals surface area contributed by atoms with E-state index >= 15 is 0 Å². The van der Waals surface area contributed by atoms with Crippen LogP contribution in [0.4, 0.5) is 17.6 Å². The van der Waals surface area contributed by atoms with Gasteiger partial charge in [-0.2, -0.15) is 0 Å². The van der Waals surface area contributed by atoms with Crippen molar-refractivity contribution in [2.75, 3.05) is 0 Å². The van der Waals surface area contributed by atoms with Crippen LogP contribution in [0.5, 0.6) is 17.2 Å². The van der Waals surface area contributed by atoms with Crippen LogP contribution in [0.25, 0.3) is 0 Å². The Morgan fingerprint density at radius 3 is 2.14 bits per heavy atom. The van der Waals surface area contributed by atoms with Crippen molar-refractivity contribution >= 4 is 12.6 Å². The van der Waals surface area contributed by atoms with Gasteiger partial charge in [0.15, 0.2) is 0 Å². The number of alkyl halides is 3. The molecule has 22 heavy (non-hydrogen) atoms. The van der Waals surface area contributed by atoms with Crippen molar-refractivity contribution in [1.29, 1.82) is 0 Å². The van der Waals surface area contributed by atoms with E-state index in [1.807, 2.05) is 0 Å². The molecule has 0 saturated heterocycles. The monoisotopic (exact) mass is 316 g/mol. The molecular formula is C13H9BF4O4. The lowest BCUT2D eigenvalue weighted by atomic mass is 9.80. The van der Waals surface area contributed by atoms with Gasteiger partial charge in [0.25, 0.3) is 0 Å². The highest BCUT2D eigenvalue weighted by atomic mass is 19.4. The molecule has 0 heterocycles. The van der Waals surface area contributed by atoms with Crippen LogP contribution in [0.2, 0.25) is 0 Å². The maximum absolute atomic E-state index is 13.5. The summed E-state index contributed by atoms with van der Waals surface area (Å²) in [5, 5.41) is 17.8. The number of halogens is 4. The normalized spacial score (nSPS) is 11.2. The molecule has 0 amide bonds. The summed E-state index contributed by atoms with van der Waals surface area (Å²) in [4.78, 5) is 0. The quantitative estimate of drug-likeness (QED) is 0.671. The average Bonchev–Trinajstić information content (AvgIpc) is 2.36. The molecule has 0 aromatic heterocycles. The molecule has 116 valence electrons. The summed E-state index contributed by atoms with van der Waals surface area (Å²) in [6, 6.07) is 7.92. The molecule has 2 rings (SSSR count). The van der Waals surface area contributed by atoms with Crippen molar-refractivity contribution < 1.29 is 37.1 Å². The Hall–Kier alpha value is -2.26. The maximum Gasteiger partial charge on any atom is 0.573 e. The highest BCUT2D eigenvalue weighted by Gasteiger charge is 2.31. The van der Waals surface area contributed by atoms with Gasteiger partial charge in [0.2, 0.25) is 0 Å². The van der Waals surface area contributed by atoms with Crippen LogP contribution in [0, 0.1) is 5.82 Å². The summed E-state index contributed by atoms with van der Waals surface area (Å²) < 4.78 is 58.8. The summed E-state index contributed by atoms with van der Waals surface area (Å²) in [6.07, 6.45) is -4.83. The Balaban J connectivity index is 2.17. The van der Waals surface area contributed by atoms with Gasteiger partial charge in [-0.25, -0.2) is 4.39 Å². The molecular weight excluding hydrogens is 307 g/mol. The maximum atomic E-state index is 13.5. The lowest BCUT2D eigenvalue weighted by Crippen LogP contribution is -2.32. The minimum atomic E-state index is -4.83. The third-order valence-corrected chi connectivity index (χ3v) is 2.52. The second-order valence-electron chi connectivity index (χ2n) is 4.18. The number of benzene rings is 2. The van der Waals surface area contributed by atoms with E-state index in [4.69, 9.17) is 14.8 Å². The molecule has 0 saturated carbocycles. The van der Waals surface area contributed by atoms with E-state index in [2.05, 4.69) is 4.74 Å². The molecule has 0 bridgehead atoms. The molecule has 2 aromatic carbocycles. The summed E-state index contributed by atoms with van der Waals surface area (Å²) in [7, 11) is -1.97. The van der Waals surface area contributed by atoms with Gasteiger partial charge in [-0.1, -0.05) is 12.1 Å². The topological polar surface area (TPSA) is 58.9 Å². The molecule has 4 nitrogen and oxygen atoms in total. The Morgan fingerprint density at radius 1 is 0.909 bits per heavy atom. The Morgan fingerprint density at radius 2 is 1.55 bits per heavy atom. The van der Waals surface area contributed by atoms with E-state index < -0.39 is 25.0 Å². The van der Waals surface area contributed by atoms with E-state index in [-0.39, 0.29) is 17.0 Å². The molecule has 2 N–H and O–H groups in total. The van der Waals surface area contributed by atoms with Crippen LogP contribution in [0.15, 0.2) is 42.5 Å². The molecule has 0 fully saturated rings. The fourth-order valence-electron chi connectivity index (χ4n) is 1.65. The van der Waals surface area contributed by atoms with Crippen molar-refractivity contribution in [3.05, 3.63) is 48.3 Å².